The minimum atomic E-state index is -6.09. The van der Waals surface area contributed by atoms with Gasteiger partial charge in [-0.25, -0.2) is 21.6 Å². The lowest BCUT2D eigenvalue weighted by Gasteiger charge is -2.25. The maximum atomic E-state index is 15.3. The van der Waals surface area contributed by atoms with Crippen LogP contribution in [-0.2, 0) is 43.1 Å². The number of amides is 1. The van der Waals surface area contributed by atoms with Gasteiger partial charge in [-0.3, -0.25) is 9.59 Å². The number of hydrogen-bond donors (Lipinski definition) is 0. The number of aryl methyl sites for hydroxylation is 2. The van der Waals surface area contributed by atoms with Crippen molar-refractivity contribution in [2.75, 3.05) is 36.5 Å². The number of hydrogen-bond acceptors (Lipinski definition) is 13. The van der Waals surface area contributed by atoms with Crippen LogP contribution in [0.3, 0.4) is 0 Å². The summed E-state index contributed by atoms with van der Waals surface area (Å²) in [4.78, 5) is 43.1. The van der Waals surface area contributed by atoms with Gasteiger partial charge < -0.3 is 23.3 Å². The van der Waals surface area contributed by atoms with E-state index in [0.717, 1.165) is 20.2 Å². The number of thiazole rings is 1. The lowest BCUT2D eigenvalue weighted by Crippen LogP contribution is -2.39. The number of sulfonamides is 1. The average Bonchev–Trinajstić information content (AvgIpc) is 3.54. The second-order valence-corrected chi connectivity index (χ2v) is 17.0. The topological polar surface area (TPSA) is 185 Å². The summed E-state index contributed by atoms with van der Waals surface area (Å²) in [7, 11) is -6.13. The third-order valence-corrected chi connectivity index (χ3v) is 12.8. The van der Waals surface area contributed by atoms with E-state index >= 15 is 4.79 Å². The molecular formula is C40H38F3N3O11S3. The van der Waals surface area contributed by atoms with Crippen LogP contribution in [0, 0.1) is 0 Å². The number of methoxy groups -OCH3 is 2. The number of halogens is 3. The van der Waals surface area contributed by atoms with Crippen molar-refractivity contribution in [3.63, 3.8) is 0 Å². The summed E-state index contributed by atoms with van der Waals surface area (Å²) in [6.07, 6.45) is 0.460. The molecule has 0 atom stereocenters. The Labute approximate surface area is 346 Å². The number of rotatable bonds is 12. The van der Waals surface area contributed by atoms with Crippen LogP contribution in [0.15, 0.2) is 105 Å². The lowest BCUT2D eigenvalue weighted by atomic mass is 10.0. The number of esters is 1. The molecule has 0 bridgehead atoms. The van der Waals surface area contributed by atoms with Crippen molar-refractivity contribution < 1.29 is 62.6 Å². The van der Waals surface area contributed by atoms with E-state index in [2.05, 4.69) is 4.90 Å². The Morgan fingerprint density at radius 1 is 0.883 bits per heavy atom. The molecule has 0 fully saturated rings. The van der Waals surface area contributed by atoms with Crippen molar-refractivity contribution in [2.45, 2.75) is 37.1 Å². The summed E-state index contributed by atoms with van der Waals surface area (Å²) >= 11 is 1.30. The number of fused-ring (bicyclic) bond motifs is 2. The molecule has 4 aromatic carbocycles. The Bertz CT molecular complexity index is 2820. The number of para-hydroxylation sites is 1. The maximum Gasteiger partial charge on any atom is 0.485 e. The molecule has 0 spiro atoms. The summed E-state index contributed by atoms with van der Waals surface area (Å²) < 4.78 is 108. The van der Waals surface area contributed by atoms with Crippen LogP contribution in [0.1, 0.15) is 36.2 Å². The van der Waals surface area contributed by atoms with Gasteiger partial charge in [0.1, 0.15) is 23.1 Å². The Morgan fingerprint density at radius 2 is 1.48 bits per heavy atom. The summed E-state index contributed by atoms with van der Waals surface area (Å²) in [6, 6.07) is 24.8. The van der Waals surface area contributed by atoms with Crippen molar-refractivity contribution in [1.29, 1.82) is 0 Å². The van der Waals surface area contributed by atoms with Crippen LogP contribution < -0.4 is 24.1 Å². The van der Waals surface area contributed by atoms with Gasteiger partial charge >= 0.3 is 17.1 Å². The third kappa shape index (κ3) is 9.46. The second-order valence-electron chi connectivity index (χ2n) is 12.8. The average molecular weight is 890 g/mol. The zero-order valence-corrected chi connectivity index (χ0v) is 35.1. The van der Waals surface area contributed by atoms with E-state index in [-0.39, 0.29) is 45.1 Å². The molecular weight excluding hydrogens is 852 g/mol. The van der Waals surface area contributed by atoms with E-state index < -0.39 is 37.2 Å². The van der Waals surface area contributed by atoms with Crippen molar-refractivity contribution in [1.82, 2.24) is 0 Å². The molecule has 0 aliphatic heterocycles. The van der Waals surface area contributed by atoms with Crippen LogP contribution in [-0.4, -0.2) is 66.1 Å². The Hall–Kier alpha value is -5.83. The van der Waals surface area contributed by atoms with Crippen LogP contribution in [0.4, 0.5) is 24.5 Å². The number of anilines is 2. The van der Waals surface area contributed by atoms with E-state index in [9.17, 15) is 31.2 Å². The first-order valence-electron chi connectivity index (χ1n) is 17.9. The lowest BCUT2D eigenvalue weighted by molar-refractivity contribution is -0.629. The van der Waals surface area contributed by atoms with Gasteiger partial charge in [-0.2, -0.15) is 22.0 Å². The SMILES string of the molecule is CCN(CC)c1ccc2c(C(=O)N(c3ccc(OC)cc3)S(=O)(=O)c3ccc(CCC(=O)OC)cc3)c(-c3sc4ccccc4[n+]3C)c(=O)oc2c1.O=S(=O)([O-])C(F)(F)F. The molecule has 6 rings (SSSR count). The summed E-state index contributed by atoms with van der Waals surface area (Å²) in [5.41, 5.74) is -4.10. The molecule has 0 aliphatic carbocycles. The normalized spacial score (nSPS) is 11.8. The quantitative estimate of drug-likeness (QED) is 0.0425. The predicted octanol–water partition coefficient (Wildman–Crippen LogP) is 6.55. The molecule has 0 aliphatic rings. The van der Waals surface area contributed by atoms with Crippen LogP contribution in [0.2, 0.25) is 0 Å². The number of carbonyl (C=O) groups excluding carboxylic acids is 2. The third-order valence-electron chi connectivity index (χ3n) is 9.27. The minimum absolute atomic E-state index is 0.0355. The van der Waals surface area contributed by atoms with E-state index in [1.54, 1.807) is 48.0 Å². The van der Waals surface area contributed by atoms with Gasteiger partial charge in [0.25, 0.3) is 20.9 Å². The van der Waals surface area contributed by atoms with Crippen LogP contribution in [0.5, 0.6) is 5.75 Å². The highest BCUT2D eigenvalue weighted by molar-refractivity contribution is 7.93. The molecule has 1 amide bonds. The molecule has 20 heteroatoms. The highest BCUT2D eigenvalue weighted by atomic mass is 32.2. The van der Waals surface area contributed by atoms with E-state index in [1.807, 2.05) is 44.2 Å². The van der Waals surface area contributed by atoms with Crippen LogP contribution >= 0.6 is 11.3 Å². The number of carbonyl (C=O) groups is 2. The number of alkyl halides is 3. The summed E-state index contributed by atoms with van der Waals surface area (Å²) in [5, 5.41) is 0.704. The number of nitrogens with zero attached hydrogens (tertiary/aromatic N) is 3. The Morgan fingerprint density at radius 3 is 2.03 bits per heavy atom. The molecule has 6 aromatic rings. The fraction of sp³-hybridized carbons (Fsp3) is 0.250. The van der Waals surface area contributed by atoms with Crippen molar-refractivity contribution in [3.8, 4) is 16.3 Å². The number of benzene rings is 4. The molecule has 0 radical (unpaired) electrons. The van der Waals surface area contributed by atoms with Crippen molar-refractivity contribution in [3.05, 3.63) is 113 Å². The number of ether oxygens (including phenoxy) is 2. The smallest absolute Gasteiger partial charge is 0.485 e. The highest BCUT2D eigenvalue weighted by Gasteiger charge is 2.39. The van der Waals surface area contributed by atoms with Gasteiger partial charge in [-0.1, -0.05) is 35.6 Å². The predicted molar refractivity (Wildman–Crippen MR) is 218 cm³/mol. The molecule has 0 N–H and O–H groups in total. The zero-order valence-electron chi connectivity index (χ0n) is 32.7. The first-order chi connectivity index (χ1) is 28.3. The van der Waals surface area contributed by atoms with Gasteiger partial charge in [0.2, 0.25) is 5.52 Å². The monoisotopic (exact) mass is 889 g/mol. The molecule has 0 saturated carbocycles. The molecule has 14 nitrogen and oxygen atoms in total. The Kier molecular flexibility index (Phi) is 13.7. The molecule has 0 unspecified atom stereocenters. The minimum Gasteiger partial charge on any atom is -0.741 e. The summed E-state index contributed by atoms with van der Waals surface area (Å²) in [5.74, 6) is -0.878. The van der Waals surface area contributed by atoms with E-state index in [4.69, 9.17) is 26.9 Å². The molecule has 2 aromatic heterocycles. The van der Waals surface area contributed by atoms with Gasteiger partial charge in [0.15, 0.2) is 15.7 Å². The fourth-order valence-electron chi connectivity index (χ4n) is 6.18. The fourth-order valence-corrected chi connectivity index (χ4v) is 8.77. The molecule has 60 heavy (non-hydrogen) atoms. The largest absolute Gasteiger partial charge is 0.741 e. The van der Waals surface area contributed by atoms with Crippen molar-refractivity contribution >= 4 is 75.9 Å². The van der Waals surface area contributed by atoms with Crippen molar-refractivity contribution in [2.24, 2.45) is 7.05 Å². The summed E-state index contributed by atoms with van der Waals surface area (Å²) in [6.45, 7) is 5.40. The van der Waals surface area contributed by atoms with Gasteiger partial charge in [-0.15, -0.1) is 0 Å². The number of aromatic nitrogens is 1. The van der Waals surface area contributed by atoms with Crippen LogP contribution in [0.25, 0.3) is 31.8 Å². The van der Waals surface area contributed by atoms with Gasteiger partial charge in [0.05, 0.1) is 30.4 Å². The molecule has 0 saturated heterocycles. The second kappa shape index (κ2) is 18.2. The van der Waals surface area contributed by atoms with Gasteiger partial charge in [-0.05, 0) is 80.4 Å². The first-order valence-corrected chi connectivity index (χ1v) is 21.6. The Balaban J connectivity index is 0.000000774. The molecule has 318 valence electrons. The highest BCUT2D eigenvalue weighted by Crippen LogP contribution is 2.37. The molecule has 2 heterocycles. The first kappa shape index (κ1) is 45.3. The van der Waals surface area contributed by atoms with E-state index in [0.29, 0.717) is 35.8 Å². The van der Waals surface area contributed by atoms with E-state index in [1.165, 1.54) is 49.8 Å². The zero-order chi connectivity index (χ0) is 44.2. The van der Waals surface area contributed by atoms with Gasteiger partial charge in [0, 0.05) is 42.7 Å². The maximum absolute atomic E-state index is 15.3. The standard InChI is InChI=1S/C39H38N3O8S2.CHF3O3S/c1-6-41(7-2)27-17-22-30-32(24-27)50-39(45)36(38-40(3)31-10-8-9-11-33(31)51-38)35(30)37(44)42(26-15-18-28(48-4)19-16-26)52(46,47)29-20-12-25(13-21-29)14-23-34(43)49-5;2-1(3,4)8(5,6)7/h8-13,15-22,24H,6-7,14,23H2,1-5H3;(H,5,6,7)/q+1;/p-1.